The zero-order valence-corrected chi connectivity index (χ0v) is 14.1. The van der Waals surface area contributed by atoms with Gasteiger partial charge in [0, 0.05) is 20.2 Å². The summed E-state index contributed by atoms with van der Waals surface area (Å²) in [6.07, 6.45) is 0.497. The smallest absolute Gasteiger partial charge is 0.407 e. The molecular weight excluding hydrogens is 280 g/mol. The Hall–Kier alpha value is -1.59. The third kappa shape index (κ3) is 8.64. The van der Waals surface area contributed by atoms with Crippen LogP contribution in [0, 0.1) is 0 Å². The molecule has 0 aliphatic heterocycles. The second kappa shape index (κ2) is 9.43. The fourth-order valence-corrected chi connectivity index (χ4v) is 1.95. The molecule has 0 spiro atoms. The van der Waals surface area contributed by atoms with E-state index in [0.717, 1.165) is 19.5 Å². The SMILES string of the molecule is COCc1cccc(CNCCCNC(=O)OC(C)(C)C)c1. The maximum atomic E-state index is 11.4. The van der Waals surface area contributed by atoms with Gasteiger partial charge in [-0.3, -0.25) is 0 Å². The van der Waals surface area contributed by atoms with Gasteiger partial charge in [0.25, 0.3) is 0 Å². The number of hydrogen-bond donors (Lipinski definition) is 2. The minimum absolute atomic E-state index is 0.361. The molecular formula is C17H28N2O3. The Morgan fingerprint density at radius 3 is 2.59 bits per heavy atom. The highest BCUT2D eigenvalue weighted by molar-refractivity contribution is 5.67. The van der Waals surface area contributed by atoms with Gasteiger partial charge < -0.3 is 20.1 Å². The van der Waals surface area contributed by atoms with E-state index >= 15 is 0 Å². The minimum Gasteiger partial charge on any atom is -0.444 e. The molecule has 5 heteroatoms. The first-order valence-corrected chi connectivity index (χ1v) is 7.65. The number of methoxy groups -OCH3 is 1. The van der Waals surface area contributed by atoms with E-state index in [1.54, 1.807) is 7.11 Å². The summed E-state index contributed by atoms with van der Waals surface area (Å²) in [5.41, 5.74) is 1.96. The highest BCUT2D eigenvalue weighted by Gasteiger charge is 2.15. The van der Waals surface area contributed by atoms with Crippen LogP contribution in [0.3, 0.4) is 0 Å². The lowest BCUT2D eigenvalue weighted by atomic mass is 10.1. The normalized spacial score (nSPS) is 11.3. The molecule has 5 nitrogen and oxygen atoms in total. The summed E-state index contributed by atoms with van der Waals surface area (Å²) in [6, 6.07) is 8.31. The van der Waals surface area contributed by atoms with Gasteiger partial charge in [0.15, 0.2) is 0 Å². The Morgan fingerprint density at radius 1 is 1.18 bits per heavy atom. The second-order valence-corrected chi connectivity index (χ2v) is 6.21. The van der Waals surface area contributed by atoms with Crippen molar-refractivity contribution in [3.05, 3.63) is 35.4 Å². The summed E-state index contributed by atoms with van der Waals surface area (Å²) in [5.74, 6) is 0. The number of nitrogens with one attached hydrogen (secondary N) is 2. The zero-order valence-electron chi connectivity index (χ0n) is 14.1. The summed E-state index contributed by atoms with van der Waals surface area (Å²) in [6.45, 7) is 8.44. The maximum absolute atomic E-state index is 11.4. The van der Waals surface area contributed by atoms with Gasteiger partial charge >= 0.3 is 6.09 Å². The van der Waals surface area contributed by atoms with Crippen molar-refractivity contribution in [3.63, 3.8) is 0 Å². The number of benzene rings is 1. The molecule has 0 unspecified atom stereocenters. The summed E-state index contributed by atoms with van der Waals surface area (Å²) in [7, 11) is 1.70. The number of carbonyl (C=O) groups is 1. The molecule has 0 atom stereocenters. The lowest BCUT2D eigenvalue weighted by Crippen LogP contribution is -2.33. The van der Waals surface area contributed by atoms with Gasteiger partial charge in [-0.05, 0) is 44.9 Å². The van der Waals surface area contributed by atoms with Crippen LogP contribution < -0.4 is 10.6 Å². The number of alkyl carbamates (subject to hydrolysis) is 1. The van der Waals surface area contributed by atoms with Crippen molar-refractivity contribution >= 4 is 6.09 Å². The van der Waals surface area contributed by atoms with Crippen LogP contribution in [-0.2, 0) is 22.6 Å². The van der Waals surface area contributed by atoms with Crippen molar-refractivity contribution in [1.82, 2.24) is 10.6 Å². The minimum atomic E-state index is -0.449. The summed E-state index contributed by atoms with van der Waals surface area (Å²) in [4.78, 5) is 11.4. The second-order valence-electron chi connectivity index (χ2n) is 6.21. The molecule has 0 aliphatic carbocycles. The number of hydrogen-bond acceptors (Lipinski definition) is 4. The fraction of sp³-hybridized carbons (Fsp3) is 0.588. The van der Waals surface area contributed by atoms with Crippen LogP contribution in [0.2, 0.25) is 0 Å². The van der Waals surface area contributed by atoms with E-state index in [1.165, 1.54) is 11.1 Å². The topological polar surface area (TPSA) is 59.6 Å². The van der Waals surface area contributed by atoms with Gasteiger partial charge in [0.2, 0.25) is 0 Å². The molecule has 0 bridgehead atoms. The maximum Gasteiger partial charge on any atom is 0.407 e. The molecule has 1 aromatic rings. The summed E-state index contributed by atoms with van der Waals surface area (Å²) in [5, 5.41) is 6.11. The lowest BCUT2D eigenvalue weighted by Gasteiger charge is -2.19. The van der Waals surface area contributed by atoms with Gasteiger partial charge in [0.05, 0.1) is 6.61 Å². The molecule has 1 aromatic carbocycles. The van der Waals surface area contributed by atoms with Crippen LogP contribution in [-0.4, -0.2) is 31.9 Å². The molecule has 1 amide bonds. The predicted octanol–water partition coefficient (Wildman–Crippen LogP) is 2.84. The Balaban J connectivity index is 2.13. The quantitative estimate of drug-likeness (QED) is 0.725. The Kier molecular flexibility index (Phi) is 7.91. The first kappa shape index (κ1) is 18.5. The van der Waals surface area contributed by atoms with Crippen LogP contribution >= 0.6 is 0 Å². The van der Waals surface area contributed by atoms with E-state index < -0.39 is 5.60 Å². The van der Waals surface area contributed by atoms with Gasteiger partial charge in [-0.25, -0.2) is 4.79 Å². The average Bonchev–Trinajstić information content (AvgIpc) is 2.41. The molecule has 124 valence electrons. The first-order chi connectivity index (χ1) is 10.4. The van der Waals surface area contributed by atoms with Crippen LogP contribution in [0.5, 0.6) is 0 Å². The third-order valence-electron chi connectivity index (χ3n) is 2.83. The molecule has 0 heterocycles. The molecule has 0 fully saturated rings. The number of ether oxygens (including phenoxy) is 2. The van der Waals surface area contributed by atoms with E-state index in [2.05, 4.69) is 28.8 Å². The largest absolute Gasteiger partial charge is 0.444 e. The van der Waals surface area contributed by atoms with Gasteiger partial charge in [-0.2, -0.15) is 0 Å². The van der Waals surface area contributed by atoms with Crippen LogP contribution in [0.1, 0.15) is 38.3 Å². The standard InChI is InChI=1S/C17H28N2O3/c1-17(2,3)22-16(20)19-10-6-9-18-12-14-7-5-8-15(11-14)13-21-4/h5,7-8,11,18H,6,9-10,12-13H2,1-4H3,(H,19,20). The predicted molar refractivity (Wildman–Crippen MR) is 87.7 cm³/mol. The molecule has 22 heavy (non-hydrogen) atoms. The van der Waals surface area contributed by atoms with E-state index in [1.807, 2.05) is 26.8 Å². The van der Waals surface area contributed by atoms with Crippen molar-refractivity contribution in [2.75, 3.05) is 20.2 Å². The molecule has 1 rings (SSSR count). The van der Waals surface area contributed by atoms with Gasteiger partial charge in [-0.1, -0.05) is 24.3 Å². The number of amides is 1. The van der Waals surface area contributed by atoms with E-state index in [9.17, 15) is 4.79 Å². The zero-order chi connectivity index (χ0) is 16.4. The van der Waals surface area contributed by atoms with Gasteiger partial charge in [-0.15, -0.1) is 0 Å². The van der Waals surface area contributed by atoms with E-state index in [0.29, 0.717) is 13.2 Å². The Bertz CT molecular complexity index is 455. The molecule has 0 saturated heterocycles. The fourth-order valence-electron chi connectivity index (χ4n) is 1.95. The Labute approximate surface area is 133 Å². The average molecular weight is 308 g/mol. The monoisotopic (exact) mass is 308 g/mol. The number of carbonyl (C=O) groups excluding carboxylic acids is 1. The molecule has 0 aromatic heterocycles. The van der Waals surface area contributed by atoms with Crippen LogP contribution in [0.25, 0.3) is 0 Å². The summed E-state index contributed by atoms with van der Waals surface area (Å²) >= 11 is 0. The number of rotatable bonds is 8. The summed E-state index contributed by atoms with van der Waals surface area (Å²) < 4.78 is 10.3. The van der Waals surface area contributed by atoms with Crippen molar-refractivity contribution < 1.29 is 14.3 Å². The lowest BCUT2D eigenvalue weighted by molar-refractivity contribution is 0.0527. The first-order valence-electron chi connectivity index (χ1n) is 7.65. The highest BCUT2D eigenvalue weighted by Crippen LogP contribution is 2.07. The molecule has 0 radical (unpaired) electrons. The third-order valence-corrected chi connectivity index (χ3v) is 2.83. The van der Waals surface area contributed by atoms with Crippen molar-refractivity contribution in [2.45, 2.75) is 45.9 Å². The van der Waals surface area contributed by atoms with Crippen LogP contribution in [0.15, 0.2) is 24.3 Å². The van der Waals surface area contributed by atoms with E-state index in [4.69, 9.17) is 9.47 Å². The molecule has 0 saturated carbocycles. The van der Waals surface area contributed by atoms with Crippen molar-refractivity contribution in [3.8, 4) is 0 Å². The van der Waals surface area contributed by atoms with E-state index in [-0.39, 0.29) is 6.09 Å². The molecule has 0 aliphatic rings. The highest BCUT2D eigenvalue weighted by atomic mass is 16.6. The van der Waals surface area contributed by atoms with Crippen molar-refractivity contribution in [1.29, 1.82) is 0 Å². The molecule has 2 N–H and O–H groups in total. The Morgan fingerprint density at radius 2 is 1.91 bits per heavy atom. The van der Waals surface area contributed by atoms with Gasteiger partial charge in [0.1, 0.15) is 5.60 Å². The van der Waals surface area contributed by atoms with Crippen molar-refractivity contribution in [2.24, 2.45) is 0 Å². The van der Waals surface area contributed by atoms with Crippen LogP contribution in [0.4, 0.5) is 4.79 Å².